The van der Waals surface area contributed by atoms with Crippen LogP contribution in [0.3, 0.4) is 0 Å². The zero-order chi connectivity index (χ0) is 16.2. The molecular weight excluding hydrogens is 320 g/mol. The maximum absolute atomic E-state index is 10.6. The minimum atomic E-state index is -0.462. The Bertz CT molecular complexity index is 833. The fraction of sp³-hybridized carbons (Fsp3) is 0.0667. The van der Waals surface area contributed by atoms with Crippen molar-refractivity contribution in [2.24, 2.45) is 0 Å². The van der Waals surface area contributed by atoms with Crippen LogP contribution in [0, 0.1) is 10.1 Å². The molecule has 2 aromatic carbocycles. The second kappa shape index (κ2) is 6.45. The molecule has 1 aromatic heterocycles. The van der Waals surface area contributed by atoms with Crippen LogP contribution in [0.4, 0.5) is 5.69 Å². The first-order chi connectivity index (χ1) is 11.1. The van der Waals surface area contributed by atoms with E-state index in [4.69, 9.17) is 16.3 Å². The highest BCUT2D eigenvalue weighted by Crippen LogP contribution is 2.24. The van der Waals surface area contributed by atoms with E-state index in [9.17, 15) is 10.1 Å². The second-order valence-corrected chi connectivity index (χ2v) is 5.03. The zero-order valence-electron chi connectivity index (χ0n) is 11.8. The van der Waals surface area contributed by atoms with Gasteiger partial charge in [-0.3, -0.25) is 15.2 Å². The number of halogens is 1. The summed E-state index contributed by atoms with van der Waals surface area (Å²) in [6, 6.07) is 13.1. The first-order valence-electron chi connectivity index (χ1n) is 6.67. The molecule has 23 heavy (non-hydrogen) atoms. The zero-order valence-corrected chi connectivity index (χ0v) is 12.5. The quantitative estimate of drug-likeness (QED) is 0.569. The first kappa shape index (κ1) is 15.0. The molecule has 0 fully saturated rings. The molecule has 0 spiro atoms. The summed E-state index contributed by atoms with van der Waals surface area (Å²) in [6.07, 6.45) is 0. The van der Waals surface area contributed by atoms with E-state index in [0.29, 0.717) is 22.4 Å². The van der Waals surface area contributed by atoms with Gasteiger partial charge in [-0.2, -0.15) is 5.10 Å². The molecule has 116 valence electrons. The number of ether oxygens (including phenoxy) is 1. The Labute approximate surface area is 136 Å². The Kier molecular flexibility index (Phi) is 4.20. The third-order valence-electron chi connectivity index (χ3n) is 3.07. The summed E-state index contributed by atoms with van der Waals surface area (Å²) in [4.78, 5) is 14.4. The number of benzene rings is 2. The van der Waals surface area contributed by atoms with Crippen molar-refractivity contribution < 1.29 is 9.66 Å². The summed E-state index contributed by atoms with van der Waals surface area (Å²) < 4.78 is 5.52. The number of aromatic nitrogens is 3. The third-order valence-corrected chi connectivity index (χ3v) is 3.40. The molecule has 0 aliphatic carbocycles. The van der Waals surface area contributed by atoms with Gasteiger partial charge in [-0.25, -0.2) is 4.98 Å². The number of hydrogen-bond donors (Lipinski definition) is 1. The number of nitrogens with zero attached hydrogens (tertiary/aromatic N) is 3. The van der Waals surface area contributed by atoms with Crippen molar-refractivity contribution in [3.05, 3.63) is 69.5 Å². The van der Waals surface area contributed by atoms with Crippen LogP contribution in [0.2, 0.25) is 5.02 Å². The maximum atomic E-state index is 10.6. The standard InChI is InChI=1S/C15H11ClN4O3/c16-13-4-2-1-3-12(13)15-17-14(18-19-15)9-23-11-7-5-10(6-8-11)20(21)22/h1-8H,9H2,(H,17,18,19). The van der Waals surface area contributed by atoms with Gasteiger partial charge in [-0.1, -0.05) is 23.7 Å². The normalized spacial score (nSPS) is 10.5. The van der Waals surface area contributed by atoms with E-state index in [1.54, 1.807) is 6.07 Å². The molecule has 8 heteroatoms. The fourth-order valence-electron chi connectivity index (χ4n) is 1.94. The number of nitrogens with one attached hydrogen (secondary N) is 1. The van der Waals surface area contributed by atoms with E-state index in [0.717, 1.165) is 5.56 Å². The van der Waals surface area contributed by atoms with E-state index < -0.39 is 4.92 Å². The van der Waals surface area contributed by atoms with Crippen molar-refractivity contribution in [3.8, 4) is 17.1 Å². The highest BCUT2D eigenvalue weighted by atomic mass is 35.5. The second-order valence-electron chi connectivity index (χ2n) is 4.63. The average Bonchev–Trinajstić information content (AvgIpc) is 3.02. The van der Waals surface area contributed by atoms with E-state index in [-0.39, 0.29) is 12.3 Å². The van der Waals surface area contributed by atoms with Crippen LogP contribution in [-0.4, -0.2) is 20.1 Å². The summed E-state index contributed by atoms with van der Waals surface area (Å²) in [6.45, 7) is 0.162. The summed E-state index contributed by atoms with van der Waals surface area (Å²) in [5.41, 5.74) is 0.741. The number of hydrogen-bond acceptors (Lipinski definition) is 5. The number of non-ortho nitro benzene ring substituents is 1. The molecular formula is C15H11ClN4O3. The lowest BCUT2D eigenvalue weighted by Gasteiger charge is -2.03. The third kappa shape index (κ3) is 3.46. The Hall–Kier alpha value is -2.93. The highest BCUT2D eigenvalue weighted by Gasteiger charge is 2.10. The van der Waals surface area contributed by atoms with E-state index >= 15 is 0 Å². The summed E-state index contributed by atoms with van der Waals surface area (Å²) in [5, 5.41) is 18.0. The smallest absolute Gasteiger partial charge is 0.269 e. The largest absolute Gasteiger partial charge is 0.486 e. The first-order valence-corrected chi connectivity index (χ1v) is 7.05. The molecule has 0 saturated heterocycles. The number of nitro benzene ring substituents is 1. The molecule has 3 aromatic rings. The minimum Gasteiger partial charge on any atom is -0.486 e. The van der Waals surface area contributed by atoms with E-state index in [2.05, 4.69) is 15.2 Å². The summed E-state index contributed by atoms with van der Waals surface area (Å²) >= 11 is 6.10. The molecule has 0 radical (unpaired) electrons. The molecule has 0 saturated carbocycles. The van der Waals surface area contributed by atoms with Crippen LogP contribution in [-0.2, 0) is 6.61 Å². The van der Waals surface area contributed by atoms with Crippen molar-refractivity contribution in [2.75, 3.05) is 0 Å². The molecule has 0 aliphatic heterocycles. The van der Waals surface area contributed by atoms with Gasteiger partial charge in [0.1, 0.15) is 12.4 Å². The van der Waals surface area contributed by atoms with Crippen molar-refractivity contribution in [1.29, 1.82) is 0 Å². The maximum Gasteiger partial charge on any atom is 0.269 e. The molecule has 0 aliphatic rings. The van der Waals surface area contributed by atoms with Gasteiger partial charge >= 0.3 is 0 Å². The molecule has 7 nitrogen and oxygen atoms in total. The van der Waals surface area contributed by atoms with Gasteiger partial charge in [-0.15, -0.1) is 0 Å². The molecule has 0 atom stereocenters. The highest BCUT2D eigenvalue weighted by molar-refractivity contribution is 6.33. The van der Waals surface area contributed by atoms with Crippen LogP contribution >= 0.6 is 11.6 Å². The monoisotopic (exact) mass is 330 g/mol. The van der Waals surface area contributed by atoms with Crippen molar-refractivity contribution in [3.63, 3.8) is 0 Å². The lowest BCUT2D eigenvalue weighted by molar-refractivity contribution is -0.384. The summed E-state index contributed by atoms with van der Waals surface area (Å²) in [5.74, 6) is 1.52. The lowest BCUT2D eigenvalue weighted by atomic mass is 10.2. The summed E-state index contributed by atoms with van der Waals surface area (Å²) in [7, 11) is 0. The topological polar surface area (TPSA) is 93.9 Å². The van der Waals surface area contributed by atoms with Gasteiger partial charge in [0.15, 0.2) is 11.6 Å². The molecule has 0 bridgehead atoms. The molecule has 3 rings (SSSR count). The van der Waals surface area contributed by atoms with Crippen LogP contribution in [0.5, 0.6) is 5.75 Å². The predicted molar refractivity (Wildman–Crippen MR) is 84.3 cm³/mol. The Morgan fingerprint density at radius 1 is 1.17 bits per heavy atom. The van der Waals surface area contributed by atoms with Crippen molar-refractivity contribution >= 4 is 17.3 Å². The molecule has 0 unspecified atom stereocenters. The van der Waals surface area contributed by atoms with Gasteiger partial charge in [0.05, 0.1) is 9.95 Å². The molecule has 1 heterocycles. The Morgan fingerprint density at radius 2 is 1.91 bits per heavy atom. The van der Waals surface area contributed by atoms with Crippen LogP contribution in [0.15, 0.2) is 48.5 Å². The van der Waals surface area contributed by atoms with Crippen LogP contribution in [0.1, 0.15) is 5.82 Å². The fourth-order valence-corrected chi connectivity index (χ4v) is 2.16. The Morgan fingerprint density at radius 3 is 2.61 bits per heavy atom. The van der Waals surface area contributed by atoms with E-state index in [1.165, 1.54) is 24.3 Å². The van der Waals surface area contributed by atoms with Crippen molar-refractivity contribution in [2.45, 2.75) is 6.61 Å². The number of aromatic amines is 1. The van der Waals surface area contributed by atoms with Crippen LogP contribution < -0.4 is 4.74 Å². The number of rotatable bonds is 5. The van der Waals surface area contributed by atoms with Gasteiger partial charge in [0, 0.05) is 17.7 Å². The Balaban J connectivity index is 1.68. The lowest BCUT2D eigenvalue weighted by Crippen LogP contribution is -1.98. The van der Waals surface area contributed by atoms with Gasteiger partial charge < -0.3 is 4.74 Å². The van der Waals surface area contributed by atoms with Gasteiger partial charge in [0.25, 0.3) is 5.69 Å². The molecule has 0 amide bonds. The predicted octanol–water partition coefficient (Wildman–Crippen LogP) is 3.61. The van der Waals surface area contributed by atoms with Gasteiger partial charge in [-0.05, 0) is 24.3 Å². The van der Waals surface area contributed by atoms with E-state index in [1.807, 2.05) is 18.2 Å². The molecule has 1 N–H and O–H groups in total. The average molecular weight is 331 g/mol. The van der Waals surface area contributed by atoms with Crippen molar-refractivity contribution in [1.82, 2.24) is 15.2 Å². The SMILES string of the molecule is O=[N+]([O-])c1ccc(OCc2nc(-c3ccccc3Cl)n[nH]2)cc1. The van der Waals surface area contributed by atoms with Gasteiger partial charge in [0.2, 0.25) is 0 Å². The van der Waals surface area contributed by atoms with Crippen LogP contribution in [0.25, 0.3) is 11.4 Å². The minimum absolute atomic E-state index is 0.0121. The number of nitro groups is 1. The number of H-pyrrole nitrogens is 1.